The van der Waals surface area contributed by atoms with Gasteiger partial charge in [0.05, 0.1) is 0 Å². The van der Waals surface area contributed by atoms with E-state index < -0.39 is 0 Å². The van der Waals surface area contributed by atoms with Gasteiger partial charge in [-0.25, -0.2) is 23.8 Å². The van der Waals surface area contributed by atoms with Crippen LogP contribution < -0.4 is 5.32 Å². The molecule has 0 atom stereocenters. The average molecular weight is 367 g/mol. The van der Waals surface area contributed by atoms with Gasteiger partial charge in [0, 0.05) is 0 Å². The SMILES string of the molecule is CCC1=[C-]CC=C1.CNC.Cl.Cl.[C-]1=CC=CC1.[Zr+2]. The molecule has 0 aromatic carbocycles. The number of nitrogens with one attached hydrogen (secondary N) is 1. The molecule has 18 heavy (non-hydrogen) atoms. The van der Waals surface area contributed by atoms with E-state index in [-0.39, 0.29) is 51.0 Å². The smallest absolute Gasteiger partial charge is 0.323 e. The summed E-state index contributed by atoms with van der Waals surface area (Å²) in [6.07, 6.45) is 19.7. The van der Waals surface area contributed by atoms with Crippen LogP contribution in [0.15, 0.2) is 36.0 Å². The average Bonchev–Trinajstić information content (AvgIpc) is 2.96. The van der Waals surface area contributed by atoms with Crippen LogP contribution in [0.25, 0.3) is 0 Å². The largest absolute Gasteiger partial charge is 2.00 e. The van der Waals surface area contributed by atoms with Crippen molar-refractivity contribution < 1.29 is 26.2 Å². The summed E-state index contributed by atoms with van der Waals surface area (Å²) in [6, 6.07) is 0. The Morgan fingerprint density at radius 2 is 1.78 bits per heavy atom. The number of hydrogen-bond donors (Lipinski definition) is 1. The van der Waals surface area contributed by atoms with E-state index in [4.69, 9.17) is 0 Å². The van der Waals surface area contributed by atoms with E-state index in [0.29, 0.717) is 0 Å². The van der Waals surface area contributed by atoms with E-state index in [1.54, 1.807) is 0 Å². The summed E-state index contributed by atoms with van der Waals surface area (Å²) < 4.78 is 0. The van der Waals surface area contributed by atoms with Crippen LogP contribution in [-0.4, -0.2) is 14.1 Å². The first kappa shape index (κ1) is 26.9. The molecule has 1 N–H and O–H groups in total. The Labute approximate surface area is 144 Å². The molecule has 0 aliphatic heterocycles. The van der Waals surface area contributed by atoms with Gasteiger partial charge < -0.3 is 5.32 Å². The van der Waals surface area contributed by atoms with E-state index in [1.165, 1.54) is 5.57 Å². The van der Waals surface area contributed by atoms with Crippen LogP contribution in [0.4, 0.5) is 0 Å². The van der Waals surface area contributed by atoms with Crippen molar-refractivity contribution in [1.29, 1.82) is 0 Å². The van der Waals surface area contributed by atoms with Gasteiger partial charge in [-0.1, -0.05) is 13.3 Å². The first-order chi connectivity index (χ1) is 7.35. The predicted molar refractivity (Wildman–Crippen MR) is 81.9 cm³/mol. The molecule has 0 aromatic heterocycles. The van der Waals surface area contributed by atoms with Gasteiger partial charge in [-0.15, -0.1) is 37.7 Å². The molecular weight excluding hydrogens is 344 g/mol. The minimum absolute atomic E-state index is 0. The molecule has 0 amide bonds. The molecule has 1 nitrogen and oxygen atoms in total. The van der Waals surface area contributed by atoms with Gasteiger partial charge in [-0.2, -0.15) is 12.2 Å². The second kappa shape index (κ2) is 22.6. The molecule has 2 aliphatic carbocycles. The minimum Gasteiger partial charge on any atom is -0.323 e. The summed E-state index contributed by atoms with van der Waals surface area (Å²) in [5.41, 5.74) is 1.36. The Morgan fingerprint density at radius 1 is 1.17 bits per heavy atom. The van der Waals surface area contributed by atoms with Crippen LogP contribution in [0.3, 0.4) is 0 Å². The van der Waals surface area contributed by atoms with E-state index in [0.717, 1.165) is 19.3 Å². The Hall–Kier alpha value is 0.383. The van der Waals surface area contributed by atoms with Crippen LogP contribution in [-0.2, 0) is 26.2 Å². The van der Waals surface area contributed by atoms with Crippen LogP contribution in [0.5, 0.6) is 0 Å². The number of rotatable bonds is 1. The molecule has 0 unspecified atom stereocenters. The third kappa shape index (κ3) is 18.7. The minimum atomic E-state index is 0. The van der Waals surface area contributed by atoms with E-state index in [1.807, 2.05) is 26.2 Å². The summed E-state index contributed by atoms with van der Waals surface area (Å²) in [4.78, 5) is 0. The summed E-state index contributed by atoms with van der Waals surface area (Å²) in [7, 11) is 3.75. The van der Waals surface area contributed by atoms with Gasteiger partial charge in [0.25, 0.3) is 0 Å². The Kier molecular flexibility index (Phi) is 33.6. The fourth-order valence-electron chi connectivity index (χ4n) is 1.03. The van der Waals surface area contributed by atoms with Crippen molar-refractivity contribution >= 4 is 24.8 Å². The zero-order valence-corrected chi connectivity index (χ0v) is 15.4. The summed E-state index contributed by atoms with van der Waals surface area (Å²) >= 11 is 0. The van der Waals surface area contributed by atoms with Crippen molar-refractivity contribution in [2.45, 2.75) is 26.2 Å². The third-order valence-electron chi connectivity index (χ3n) is 1.73. The molecule has 0 aromatic rings. The maximum Gasteiger partial charge on any atom is 2.00 e. The van der Waals surface area contributed by atoms with Gasteiger partial charge in [0.15, 0.2) is 0 Å². The third-order valence-corrected chi connectivity index (χ3v) is 1.73. The van der Waals surface area contributed by atoms with Gasteiger partial charge in [0.2, 0.25) is 0 Å². The summed E-state index contributed by atoms with van der Waals surface area (Å²) in [5, 5.41) is 2.75. The van der Waals surface area contributed by atoms with Gasteiger partial charge >= 0.3 is 26.2 Å². The Morgan fingerprint density at radius 3 is 1.94 bits per heavy atom. The fraction of sp³-hybridized carbons (Fsp3) is 0.429. The molecule has 0 saturated heterocycles. The normalized spacial score (nSPS) is 12.7. The van der Waals surface area contributed by atoms with Crippen LogP contribution in [0.1, 0.15) is 26.2 Å². The van der Waals surface area contributed by atoms with Gasteiger partial charge in [-0.05, 0) is 14.1 Å². The molecule has 2 rings (SSSR count). The van der Waals surface area contributed by atoms with Gasteiger partial charge in [-0.3, -0.25) is 12.2 Å². The maximum atomic E-state index is 3.21. The zero-order chi connectivity index (χ0) is 11.4. The van der Waals surface area contributed by atoms with Crippen molar-refractivity contribution in [3.05, 3.63) is 48.1 Å². The summed E-state index contributed by atoms with van der Waals surface area (Å²) in [5.74, 6) is 0. The van der Waals surface area contributed by atoms with Crippen molar-refractivity contribution in [3.8, 4) is 0 Å². The van der Waals surface area contributed by atoms with E-state index >= 15 is 0 Å². The number of hydrogen-bond acceptors (Lipinski definition) is 1. The van der Waals surface area contributed by atoms with Crippen molar-refractivity contribution in [2.24, 2.45) is 0 Å². The van der Waals surface area contributed by atoms with E-state index in [9.17, 15) is 0 Å². The first-order valence-corrected chi connectivity index (χ1v) is 5.41. The fourth-order valence-corrected chi connectivity index (χ4v) is 1.03. The summed E-state index contributed by atoms with van der Waals surface area (Å²) in [6.45, 7) is 2.15. The molecule has 0 bridgehead atoms. The van der Waals surface area contributed by atoms with Crippen LogP contribution >= 0.6 is 24.8 Å². The molecule has 0 spiro atoms. The topological polar surface area (TPSA) is 12.0 Å². The van der Waals surface area contributed by atoms with Crippen molar-refractivity contribution in [2.75, 3.05) is 14.1 Å². The molecule has 102 valence electrons. The second-order valence-electron chi connectivity index (χ2n) is 3.17. The Balaban J connectivity index is -0.0000000808. The van der Waals surface area contributed by atoms with Crippen LogP contribution in [0, 0.1) is 12.2 Å². The van der Waals surface area contributed by atoms with E-state index in [2.05, 4.69) is 42.6 Å². The molecule has 0 fully saturated rings. The van der Waals surface area contributed by atoms with Crippen LogP contribution in [0.2, 0.25) is 0 Å². The monoisotopic (exact) mass is 365 g/mol. The molecular formula is C14H23Cl2NZr. The van der Waals surface area contributed by atoms with Crippen molar-refractivity contribution in [1.82, 2.24) is 5.32 Å². The second-order valence-corrected chi connectivity index (χ2v) is 3.17. The molecule has 0 saturated carbocycles. The molecule has 0 radical (unpaired) electrons. The predicted octanol–water partition coefficient (Wildman–Crippen LogP) is 4.07. The van der Waals surface area contributed by atoms with Gasteiger partial charge in [0.1, 0.15) is 0 Å². The standard InChI is InChI=1S/C7H9.C5H5.C2H7N.2ClH.Zr/c1-2-7-5-3-4-6-7;1-2-4-5-3-1;1-3-2;;;/h3,5H,2,4H2,1H3;1-3H,4H2;3H,1-2H3;2*1H;/q2*-1;;;;+2. The number of allylic oxidation sites excluding steroid dienone is 8. The molecule has 2 aliphatic rings. The zero-order valence-electron chi connectivity index (χ0n) is 11.3. The number of halogens is 2. The maximum absolute atomic E-state index is 3.21. The Bertz CT molecular complexity index is 249. The van der Waals surface area contributed by atoms with Crippen molar-refractivity contribution in [3.63, 3.8) is 0 Å². The quantitative estimate of drug-likeness (QED) is 0.689. The first-order valence-electron chi connectivity index (χ1n) is 5.41. The molecule has 4 heteroatoms. The molecule has 0 heterocycles.